The number of halogens is 1. The van der Waals surface area contributed by atoms with E-state index in [1.165, 1.54) is 7.11 Å². The minimum atomic E-state index is 0.0293. The summed E-state index contributed by atoms with van der Waals surface area (Å²) < 4.78 is 4.66. The zero-order valence-electron chi connectivity index (χ0n) is 5.74. The third kappa shape index (κ3) is 1.43. The first-order chi connectivity index (χ1) is 5.15. The molecule has 0 radical (unpaired) electrons. The van der Waals surface area contributed by atoms with E-state index in [9.17, 15) is 5.21 Å². The molecule has 1 heterocycles. The fraction of sp³-hybridized carbons (Fsp3) is 0.200. The lowest BCUT2D eigenvalue weighted by atomic mass is 10.5. The maximum Gasteiger partial charge on any atom is 0.301 e. The van der Waals surface area contributed by atoms with Crippen molar-refractivity contribution in [1.82, 2.24) is 5.10 Å². The van der Waals surface area contributed by atoms with Crippen molar-refractivity contribution in [1.29, 1.82) is 0 Å². The predicted octanol–water partition coefficient (Wildman–Crippen LogP) is -0.0408. The van der Waals surface area contributed by atoms with Crippen LogP contribution in [0.3, 0.4) is 0 Å². The van der Waals surface area contributed by atoms with Gasteiger partial charge in [-0.1, -0.05) is 16.4 Å². The topological polar surface area (TPSA) is 75.1 Å². The fourth-order valence-electron chi connectivity index (χ4n) is 0.592. The Bertz CT molecular complexity index is 279. The maximum atomic E-state index is 10.6. The number of anilines is 1. The molecule has 0 amide bonds. The van der Waals surface area contributed by atoms with E-state index < -0.39 is 0 Å². The van der Waals surface area contributed by atoms with E-state index in [0.29, 0.717) is 4.85 Å². The zero-order valence-corrected chi connectivity index (χ0v) is 6.50. The van der Waals surface area contributed by atoms with Gasteiger partial charge < -0.3 is 15.7 Å². The summed E-state index contributed by atoms with van der Waals surface area (Å²) in [6.07, 6.45) is 1.06. The van der Waals surface area contributed by atoms with Crippen molar-refractivity contribution < 1.29 is 9.58 Å². The van der Waals surface area contributed by atoms with Gasteiger partial charge in [-0.25, -0.2) is 0 Å². The fourth-order valence-corrected chi connectivity index (χ4v) is 0.756. The van der Waals surface area contributed by atoms with Crippen LogP contribution in [0.2, 0.25) is 5.02 Å². The number of nitrogens with two attached hydrogens (primary N) is 1. The van der Waals surface area contributed by atoms with Gasteiger partial charge in [0.1, 0.15) is 10.7 Å². The number of hydrogen-bond donors (Lipinski definition) is 1. The number of nitrogens with zero attached hydrogens (tertiary/aromatic N) is 2. The van der Waals surface area contributed by atoms with Gasteiger partial charge in [-0.15, -0.1) is 0 Å². The number of aromatic nitrogens is 2. The van der Waals surface area contributed by atoms with Gasteiger partial charge in [0.15, 0.2) is 0 Å². The monoisotopic (exact) mass is 175 g/mol. The van der Waals surface area contributed by atoms with Crippen LogP contribution >= 0.6 is 11.6 Å². The molecule has 0 bridgehead atoms. The van der Waals surface area contributed by atoms with Gasteiger partial charge in [0.05, 0.1) is 12.2 Å². The molecule has 60 valence electrons. The largest absolute Gasteiger partial charge is 0.594 e. The average Bonchev–Trinajstić information content (AvgIpc) is 1.96. The Balaban J connectivity index is 3.24. The molecule has 0 aliphatic heterocycles. The second kappa shape index (κ2) is 2.79. The molecule has 1 aromatic heterocycles. The third-order valence-corrected chi connectivity index (χ3v) is 1.45. The molecule has 5 nitrogen and oxygen atoms in total. The second-order valence-corrected chi connectivity index (χ2v) is 2.19. The highest BCUT2D eigenvalue weighted by Gasteiger charge is 2.11. The van der Waals surface area contributed by atoms with E-state index in [0.717, 1.165) is 6.20 Å². The zero-order chi connectivity index (χ0) is 8.43. The van der Waals surface area contributed by atoms with Crippen LogP contribution in [0.25, 0.3) is 0 Å². The summed E-state index contributed by atoms with van der Waals surface area (Å²) in [5, 5.41) is 14.1. The van der Waals surface area contributed by atoms with E-state index in [1.807, 2.05) is 0 Å². The van der Waals surface area contributed by atoms with E-state index in [2.05, 4.69) is 9.84 Å². The van der Waals surface area contributed by atoms with Crippen LogP contribution in [0.15, 0.2) is 6.20 Å². The molecule has 0 saturated heterocycles. The summed E-state index contributed by atoms with van der Waals surface area (Å²) in [5.41, 5.74) is 5.47. The summed E-state index contributed by atoms with van der Waals surface area (Å²) in [5.74, 6) is 0.0293. The van der Waals surface area contributed by atoms with E-state index in [-0.39, 0.29) is 16.6 Å². The van der Waals surface area contributed by atoms with Gasteiger partial charge in [0, 0.05) is 0 Å². The van der Waals surface area contributed by atoms with Crippen LogP contribution in [-0.2, 0) is 0 Å². The summed E-state index contributed by atoms with van der Waals surface area (Å²) in [6, 6.07) is 0. The minimum absolute atomic E-state index is 0.0293. The van der Waals surface area contributed by atoms with E-state index in [4.69, 9.17) is 17.3 Å². The van der Waals surface area contributed by atoms with Crippen molar-refractivity contribution in [3.05, 3.63) is 16.4 Å². The molecule has 1 rings (SSSR count). The highest BCUT2D eigenvalue weighted by molar-refractivity contribution is 6.34. The smallest absolute Gasteiger partial charge is 0.301 e. The first-order valence-electron chi connectivity index (χ1n) is 2.74. The predicted molar refractivity (Wildman–Crippen MR) is 39.2 cm³/mol. The lowest BCUT2D eigenvalue weighted by molar-refractivity contribution is -0.669. The molecule has 0 fully saturated rings. The number of hydrogen-bond acceptors (Lipinski definition) is 4. The molecule has 2 N–H and O–H groups in total. The molecule has 0 aliphatic carbocycles. The molecule has 11 heavy (non-hydrogen) atoms. The van der Waals surface area contributed by atoms with Crippen LogP contribution in [0.5, 0.6) is 5.88 Å². The molecule has 0 saturated carbocycles. The van der Waals surface area contributed by atoms with Gasteiger partial charge in [0.2, 0.25) is 6.20 Å². The Morgan fingerprint density at radius 2 is 2.45 bits per heavy atom. The molecule has 0 unspecified atom stereocenters. The highest BCUT2D eigenvalue weighted by Crippen LogP contribution is 2.24. The molecule has 0 aliphatic rings. The van der Waals surface area contributed by atoms with Gasteiger partial charge in [0.25, 0.3) is 0 Å². The molecule has 6 heteroatoms. The van der Waals surface area contributed by atoms with Crippen molar-refractivity contribution in [2.75, 3.05) is 12.8 Å². The van der Waals surface area contributed by atoms with Gasteiger partial charge >= 0.3 is 5.88 Å². The molecule has 0 atom stereocenters. The van der Waals surface area contributed by atoms with Crippen molar-refractivity contribution in [3.63, 3.8) is 0 Å². The lowest BCUT2D eigenvalue weighted by Crippen LogP contribution is -2.31. The standard InChI is InChI=1S/C5H6ClN3O2/c1-11-5-4(6)3(7)2-9(10)8-5/h2H,7H2,1H3. The van der Waals surface area contributed by atoms with Gasteiger partial charge in [-0.2, -0.15) is 0 Å². The van der Waals surface area contributed by atoms with Crippen LogP contribution in [0, 0.1) is 5.21 Å². The highest BCUT2D eigenvalue weighted by atomic mass is 35.5. The number of nitrogen functional groups attached to an aromatic ring is 1. The second-order valence-electron chi connectivity index (χ2n) is 1.81. The average molecular weight is 176 g/mol. The Morgan fingerprint density at radius 1 is 1.82 bits per heavy atom. The maximum absolute atomic E-state index is 10.6. The summed E-state index contributed by atoms with van der Waals surface area (Å²) in [6.45, 7) is 0. The summed E-state index contributed by atoms with van der Waals surface area (Å²) in [7, 11) is 1.35. The Labute approximate surface area is 67.9 Å². The molecular weight excluding hydrogens is 170 g/mol. The summed E-state index contributed by atoms with van der Waals surface area (Å²) >= 11 is 5.60. The Morgan fingerprint density at radius 3 is 3.00 bits per heavy atom. The van der Waals surface area contributed by atoms with Crippen molar-refractivity contribution in [2.45, 2.75) is 0 Å². The number of rotatable bonds is 1. The molecule has 0 spiro atoms. The SMILES string of the molecule is COc1n[n+]([O-])cc(N)c1Cl. The van der Waals surface area contributed by atoms with Crippen LogP contribution in [-0.4, -0.2) is 12.2 Å². The molecule has 0 aromatic carbocycles. The number of methoxy groups -OCH3 is 1. The molecular formula is C5H6ClN3O2. The van der Waals surface area contributed by atoms with Crippen LogP contribution < -0.4 is 15.3 Å². The Hall–Kier alpha value is -1.23. The van der Waals surface area contributed by atoms with Crippen molar-refractivity contribution in [3.8, 4) is 5.88 Å². The minimum Gasteiger partial charge on any atom is -0.594 e. The van der Waals surface area contributed by atoms with Gasteiger partial charge in [-0.3, -0.25) is 0 Å². The first kappa shape index (κ1) is 7.87. The van der Waals surface area contributed by atoms with Crippen LogP contribution in [0.4, 0.5) is 5.69 Å². The van der Waals surface area contributed by atoms with E-state index in [1.54, 1.807) is 0 Å². The first-order valence-corrected chi connectivity index (χ1v) is 3.12. The van der Waals surface area contributed by atoms with Crippen LogP contribution in [0.1, 0.15) is 0 Å². The normalized spacial score (nSPS) is 9.64. The lowest BCUT2D eigenvalue weighted by Gasteiger charge is -2.01. The van der Waals surface area contributed by atoms with E-state index >= 15 is 0 Å². The third-order valence-electron chi connectivity index (χ3n) is 1.07. The Kier molecular flexibility index (Phi) is 2.00. The molecule has 1 aromatic rings. The number of ether oxygens (including phenoxy) is 1. The van der Waals surface area contributed by atoms with Crippen molar-refractivity contribution in [2.24, 2.45) is 0 Å². The quantitative estimate of drug-likeness (QED) is 0.480. The van der Waals surface area contributed by atoms with Crippen molar-refractivity contribution >= 4 is 17.3 Å². The summed E-state index contributed by atoms with van der Waals surface area (Å²) in [4.78, 5) is 0.292. The van der Waals surface area contributed by atoms with Gasteiger partial charge in [-0.05, 0) is 0 Å².